The minimum absolute atomic E-state index is 0.331. The highest BCUT2D eigenvalue weighted by atomic mass is 32.2. The summed E-state index contributed by atoms with van der Waals surface area (Å²) < 4.78 is 24.5. The van der Waals surface area contributed by atoms with Gasteiger partial charge in [0.1, 0.15) is 0 Å². The maximum Gasteiger partial charge on any atom is 0.214 e. The first-order chi connectivity index (χ1) is 7.10. The maximum absolute atomic E-state index is 11.5. The van der Waals surface area contributed by atoms with Gasteiger partial charge in [-0.3, -0.25) is 0 Å². The molecule has 0 amide bonds. The van der Waals surface area contributed by atoms with Gasteiger partial charge in [0.05, 0.1) is 5.75 Å². The molecule has 0 atom stereocenters. The van der Waals surface area contributed by atoms with E-state index in [4.69, 9.17) is 0 Å². The Bertz CT molecular complexity index is 273. The van der Waals surface area contributed by atoms with E-state index in [1.54, 1.807) is 4.31 Å². The van der Waals surface area contributed by atoms with Gasteiger partial charge in [0, 0.05) is 25.7 Å². The largest absolute Gasteiger partial charge is 0.313 e. The summed E-state index contributed by atoms with van der Waals surface area (Å²) in [7, 11) is -2.91. The third-order valence-corrected chi connectivity index (χ3v) is 4.94. The Kier molecular flexibility index (Phi) is 5.02. The lowest BCUT2D eigenvalue weighted by Crippen LogP contribution is -2.37. The topological polar surface area (TPSA) is 49.4 Å². The zero-order valence-electron chi connectivity index (χ0n) is 9.70. The second-order valence-electron chi connectivity index (χ2n) is 4.04. The maximum atomic E-state index is 11.5. The van der Waals surface area contributed by atoms with Gasteiger partial charge in [-0.1, -0.05) is 13.8 Å². The van der Waals surface area contributed by atoms with E-state index in [0.29, 0.717) is 24.9 Å². The number of nitrogens with one attached hydrogen (secondary N) is 1. The Hall–Kier alpha value is -0.130. The standard InChI is InChI=1S/C10H22N2O2S/c1-3-10(4-2)11-6-8-12-7-5-9-15(12,13)14/h10-11H,3-9H2,1-2H3. The van der Waals surface area contributed by atoms with Crippen LogP contribution in [0.3, 0.4) is 0 Å². The molecule has 0 aliphatic carbocycles. The summed E-state index contributed by atoms with van der Waals surface area (Å²) in [5.74, 6) is 0.331. The van der Waals surface area contributed by atoms with Gasteiger partial charge in [0.2, 0.25) is 10.0 Å². The van der Waals surface area contributed by atoms with E-state index in [1.165, 1.54) is 0 Å². The Balaban J connectivity index is 2.26. The van der Waals surface area contributed by atoms with Crippen molar-refractivity contribution in [2.24, 2.45) is 0 Å². The summed E-state index contributed by atoms with van der Waals surface area (Å²) in [6.45, 7) is 6.39. The highest BCUT2D eigenvalue weighted by Gasteiger charge is 2.27. The molecular formula is C10H22N2O2S. The lowest BCUT2D eigenvalue weighted by molar-refractivity contribution is 0.405. The molecule has 1 saturated heterocycles. The van der Waals surface area contributed by atoms with Crippen molar-refractivity contribution in [2.75, 3.05) is 25.4 Å². The number of hydrogen-bond acceptors (Lipinski definition) is 3. The van der Waals surface area contributed by atoms with Gasteiger partial charge >= 0.3 is 0 Å². The fourth-order valence-corrected chi connectivity index (χ4v) is 3.44. The fraction of sp³-hybridized carbons (Fsp3) is 1.00. The summed E-state index contributed by atoms with van der Waals surface area (Å²) in [5, 5.41) is 3.38. The zero-order valence-corrected chi connectivity index (χ0v) is 10.5. The molecule has 1 fully saturated rings. The van der Waals surface area contributed by atoms with Crippen molar-refractivity contribution in [1.82, 2.24) is 9.62 Å². The van der Waals surface area contributed by atoms with Crippen molar-refractivity contribution in [3.05, 3.63) is 0 Å². The van der Waals surface area contributed by atoms with Crippen LogP contribution in [0.25, 0.3) is 0 Å². The van der Waals surface area contributed by atoms with Gasteiger partial charge in [-0.05, 0) is 19.3 Å². The van der Waals surface area contributed by atoms with Gasteiger partial charge in [-0.15, -0.1) is 0 Å². The van der Waals surface area contributed by atoms with Gasteiger partial charge in [-0.25, -0.2) is 12.7 Å². The quantitative estimate of drug-likeness (QED) is 0.739. The molecule has 0 bridgehead atoms. The summed E-state index contributed by atoms with van der Waals surface area (Å²) in [6, 6.07) is 0.523. The molecule has 1 N–H and O–H groups in total. The molecule has 0 radical (unpaired) electrons. The van der Waals surface area contributed by atoms with Crippen molar-refractivity contribution in [3.8, 4) is 0 Å². The van der Waals surface area contributed by atoms with Crippen molar-refractivity contribution in [3.63, 3.8) is 0 Å². The van der Waals surface area contributed by atoms with Crippen molar-refractivity contribution in [2.45, 2.75) is 39.2 Å². The predicted molar refractivity (Wildman–Crippen MR) is 62.3 cm³/mol. The average Bonchev–Trinajstić information content (AvgIpc) is 2.53. The fourth-order valence-electron chi connectivity index (χ4n) is 1.91. The number of sulfonamides is 1. The molecule has 0 aromatic heterocycles. The van der Waals surface area contributed by atoms with Crippen LogP contribution in [0.2, 0.25) is 0 Å². The summed E-state index contributed by atoms with van der Waals surface area (Å²) >= 11 is 0. The lowest BCUT2D eigenvalue weighted by atomic mass is 10.2. The average molecular weight is 234 g/mol. The second kappa shape index (κ2) is 5.82. The molecule has 1 heterocycles. The monoisotopic (exact) mass is 234 g/mol. The third kappa shape index (κ3) is 3.74. The predicted octanol–water partition coefficient (Wildman–Crippen LogP) is 0.800. The van der Waals surface area contributed by atoms with Crippen molar-refractivity contribution in [1.29, 1.82) is 0 Å². The van der Waals surface area contributed by atoms with E-state index in [0.717, 1.165) is 25.8 Å². The Morgan fingerprint density at radius 2 is 2.00 bits per heavy atom. The van der Waals surface area contributed by atoms with Gasteiger partial charge < -0.3 is 5.32 Å². The van der Waals surface area contributed by atoms with Crippen molar-refractivity contribution >= 4 is 10.0 Å². The van der Waals surface area contributed by atoms with Crippen LogP contribution in [0.15, 0.2) is 0 Å². The zero-order chi connectivity index (χ0) is 11.3. The Morgan fingerprint density at radius 1 is 1.33 bits per heavy atom. The van der Waals surface area contributed by atoms with Crippen LogP contribution in [-0.2, 0) is 10.0 Å². The minimum atomic E-state index is -2.91. The van der Waals surface area contributed by atoms with E-state index in [2.05, 4.69) is 19.2 Å². The number of hydrogen-bond donors (Lipinski definition) is 1. The van der Waals surface area contributed by atoms with Crippen molar-refractivity contribution < 1.29 is 8.42 Å². The molecule has 15 heavy (non-hydrogen) atoms. The molecule has 4 nitrogen and oxygen atoms in total. The molecule has 0 saturated carbocycles. The third-order valence-electron chi connectivity index (χ3n) is 2.98. The molecule has 0 spiro atoms. The molecule has 1 rings (SSSR count). The van der Waals surface area contributed by atoms with E-state index in [-0.39, 0.29) is 0 Å². The number of rotatable bonds is 6. The first kappa shape index (κ1) is 12.9. The van der Waals surface area contributed by atoms with Gasteiger partial charge in [0.25, 0.3) is 0 Å². The Morgan fingerprint density at radius 3 is 2.47 bits per heavy atom. The first-order valence-corrected chi connectivity index (χ1v) is 7.42. The highest BCUT2D eigenvalue weighted by molar-refractivity contribution is 7.89. The normalized spacial score (nSPS) is 21.3. The number of nitrogens with zero attached hydrogens (tertiary/aromatic N) is 1. The SMILES string of the molecule is CCC(CC)NCCN1CCCS1(=O)=O. The summed E-state index contributed by atoms with van der Waals surface area (Å²) in [5.41, 5.74) is 0. The molecule has 90 valence electrons. The highest BCUT2D eigenvalue weighted by Crippen LogP contribution is 2.11. The van der Waals surface area contributed by atoms with Crippen LogP contribution in [0, 0.1) is 0 Å². The minimum Gasteiger partial charge on any atom is -0.313 e. The smallest absolute Gasteiger partial charge is 0.214 e. The molecule has 5 heteroatoms. The van der Waals surface area contributed by atoms with Crippen LogP contribution in [0.4, 0.5) is 0 Å². The molecule has 0 aromatic carbocycles. The van der Waals surface area contributed by atoms with E-state index >= 15 is 0 Å². The van der Waals surface area contributed by atoms with Crippen LogP contribution >= 0.6 is 0 Å². The van der Waals surface area contributed by atoms with Crippen LogP contribution in [0.1, 0.15) is 33.1 Å². The first-order valence-electron chi connectivity index (χ1n) is 5.81. The van der Waals surface area contributed by atoms with E-state index in [9.17, 15) is 8.42 Å². The van der Waals surface area contributed by atoms with E-state index in [1.807, 2.05) is 0 Å². The Labute approximate surface area is 93.1 Å². The molecule has 1 aliphatic rings. The summed E-state index contributed by atoms with van der Waals surface area (Å²) in [6.07, 6.45) is 2.99. The molecule has 0 unspecified atom stereocenters. The molecule has 0 aromatic rings. The van der Waals surface area contributed by atoms with Crippen LogP contribution in [0.5, 0.6) is 0 Å². The molecular weight excluding hydrogens is 212 g/mol. The van der Waals surface area contributed by atoms with Crippen LogP contribution < -0.4 is 5.32 Å². The van der Waals surface area contributed by atoms with E-state index < -0.39 is 10.0 Å². The summed E-state index contributed by atoms with van der Waals surface area (Å²) in [4.78, 5) is 0. The lowest BCUT2D eigenvalue weighted by Gasteiger charge is -2.18. The van der Waals surface area contributed by atoms with Gasteiger partial charge in [-0.2, -0.15) is 0 Å². The molecule has 1 aliphatic heterocycles. The van der Waals surface area contributed by atoms with Crippen LogP contribution in [-0.4, -0.2) is 44.2 Å². The van der Waals surface area contributed by atoms with Gasteiger partial charge in [0.15, 0.2) is 0 Å². The second-order valence-corrected chi connectivity index (χ2v) is 6.12.